The molecule has 0 bridgehead atoms. The van der Waals surface area contributed by atoms with Gasteiger partial charge in [0.1, 0.15) is 24.1 Å². The number of nitrogens with one attached hydrogen (secondary N) is 1. The lowest BCUT2D eigenvalue weighted by Gasteiger charge is -2.50. The van der Waals surface area contributed by atoms with Crippen LogP contribution in [0.2, 0.25) is 0 Å². The number of phenols is 1. The molecule has 7 aliphatic rings. The summed E-state index contributed by atoms with van der Waals surface area (Å²) < 4.78 is 6.51. The molecule has 11 rings (SSSR count). The monoisotopic (exact) mass is 775 g/mol. The van der Waals surface area contributed by atoms with Gasteiger partial charge in [-0.15, -0.1) is 0 Å². The normalized spacial score (nSPS) is 27.3. The van der Waals surface area contributed by atoms with Gasteiger partial charge in [-0.2, -0.15) is 0 Å². The molecule has 4 fully saturated rings. The van der Waals surface area contributed by atoms with E-state index in [2.05, 4.69) is 93.3 Å². The van der Waals surface area contributed by atoms with Gasteiger partial charge < -0.3 is 29.9 Å². The number of carbonyl (C=O) groups excluding carboxylic acids is 2. The van der Waals surface area contributed by atoms with E-state index in [4.69, 9.17) is 4.74 Å². The zero-order chi connectivity index (χ0) is 39.1. The third-order valence-electron chi connectivity index (χ3n) is 14.9. The van der Waals surface area contributed by atoms with E-state index in [1.807, 2.05) is 18.2 Å². The number of nitrogens with zero attached hydrogens (tertiary/aromatic N) is 4. The number of fused-ring (bicyclic) bond motifs is 6. The minimum absolute atomic E-state index is 0.0793. The van der Waals surface area contributed by atoms with E-state index < -0.39 is 6.04 Å². The lowest BCUT2D eigenvalue weighted by atomic mass is 9.69. The van der Waals surface area contributed by atoms with Crippen molar-refractivity contribution in [1.82, 2.24) is 15.1 Å². The van der Waals surface area contributed by atoms with Gasteiger partial charge in [-0.25, -0.2) is 0 Å². The molecule has 9 heteroatoms. The fraction of sp³-hybridized carbons (Fsp3) is 0.429. The van der Waals surface area contributed by atoms with Crippen LogP contribution in [0.3, 0.4) is 0 Å². The van der Waals surface area contributed by atoms with Crippen LogP contribution in [0.5, 0.6) is 11.5 Å². The molecule has 4 unspecified atom stereocenters. The zero-order valence-corrected chi connectivity index (χ0v) is 33.2. The highest BCUT2D eigenvalue weighted by atomic mass is 16.5. The summed E-state index contributed by atoms with van der Waals surface area (Å²) in [6.07, 6.45) is 7.28. The van der Waals surface area contributed by atoms with E-state index in [1.54, 1.807) is 4.90 Å². The molecule has 58 heavy (non-hydrogen) atoms. The van der Waals surface area contributed by atoms with Crippen molar-refractivity contribution >= 4 is 23.2 Å². The molecule has 2 N–H and O–H groups in total. The van der Waals surface area contributed by atoms with Crippen molar-refractivity contribution in [3.63, 3.8) is 0 Å². The lowest BCUT2D eigenvalue weighted by molar-refractivity contribution is -0.126. The van der Waals surface area contributed by atoms with Crippen LogP contribution in [0.15, 0.2) is 97.2 Å². The first kappa shape index (κ1) is 35.8. The van der Waals surface area contributed by atoms with Crippen LogP contribution in [0.25, 0.3) is 0 Å². The molecule has 1 saturated carbocycles. The van der Waals surface area contributed by atoms with Crippen LogP contribution in [0.4, 0.5) is 11.4 Å². The highest BCUT2D eigenvalue weighted by Crippen LogP contribution is 2.51. The number of hydrogen-bond acceptors (Lipinski definition) is 7. The molecule has 0 aromatic heterocycles. The number of hydrogen-bond donors (Lipinski definition) is 2. The predicted octanol–water partition coefficient (Wildman–Crippen LogP) is 7.19. The quantitative estimate of drug-likeness (QED) is 0.215. The van der Waals surface area contributed by atoms with E-state index in [1.165, 1.54) is 47.2 Å². The second kappa shape index (κ2) is 13.9. The van der Waals surface area contributed by atoms with E-state index >= 15 is 0 Å². The van der Waals surface area contributed by atoms with Gasteiger partial charge in [-0.3, -0.25) is 14.5 Å². The van der Waals surface area contributed by atoms with E-state index in [9.17, 15) is 14.7 Å². The number of piperidine rings is 1. The Hall–Kier alpha value is -5.28. The summed E-state index contributed by atoms with van der Waals surface area (Å²) >= 11 is 0. The molecule has 298 valence electrons. The van der Waals surface area contributed by atoms with Crippen LogP contribution in [0, 0.1) is 11.3 Å². The van der Waals surface area contributed by atoms with Crippen LogP contribution in [0.1, 0.15) is 88.5 Å². The number of anilines is 2. The number of ether oxygens (including phenoxy) is 1. The summed E-state index contributed by atoms with van der Waals surface area (Å²) in [6, 6.07) is 30.2. The smallest absolute Gasteiger partial charge is 0.255 e. The first-order valence-corrected chi connectivity index (χ1v) is 21.6. The van der Waals surface area contributed by atoms with Gasteiger partial charge in [0, 0.05) is 73.1 Å². The van der Waals surface area contributed by atoms with Gasteiger partial charge in [-0.1, -0.05) is 55.1 Å². The maximum Gasteiger partial charge on any atom is 0.255 e. The average Bonchev–Trinajstić information content (AvgIpc) is 3.81. The standard InChI is InChI=1S/C49H53N5O4/c1-31-7-17-44(47(56)50-31)54-27-42-41(48(54)57)16-18-43-46(42)58-28-37-26-51(21-22-53(37)43)25-32-19-20-49(24-32)29-52(30-49)36-11-8-34(9-12-36)45-39(33-5-3-2-4-6-33)14-10-35-23-38(55)13-15-40(35)45/h2-6,8-9,11-13,15-16,18,23,32,37,39,44-45,55H,1,7,10,14,17,19-22,24-30H2,(H,50,56)/t32?,37?,39?,44-,45?/m0/s1. The Morgan fingerprint density at radius 3 is 2.55 bits per heavy atom. The topological polar surface area (TPSA) is 88.6 Å². The SMILES string of the molecule is C=C1CC[C@H](N2Cc3c(ccc4c3OCC3CN(CC5CCC6(C5)CN(c5ccc(C7c8ccc(O)cc8CCC7c7ccccc7)cc5)C6)CCN43)C2=O)C(=O)N1. The first-order valence-electron chi connectivity index (χ1n) is 21.6. The number of rotatable bonds is 6. The summed E-state index contributed by atoms with van der Waals surface area (Å²) in [6.45, 7) is 11.3. The number of allylic oxidation sites excluding steroid dienone is 1. The van der Waals surface area contributed by atoms with Crippen molar-refractivity contribution in [2.75, 3.05) is 55.7 Å². The predicted molar refractivity (Wildman–Crippen MR) is 226 cm³/mol. The molecule has 4 aromatic carbocycles. The third-order valence-corrected chi connectivity index (χ3v) is 14.9. The molecule has 5 aliphatic heterocycles. The number of piperazine rings is 1. The average molecular weight is 776 g/mol. The molecule has 5 heterocycles. The van der Waals surface area contributed by atoms with Crippen LogP contribution < -0.4 is 19.9 Å². The fourth-order valence-corrected chi connectivity index (χ4v) is 12.0. The molecule has 1 spiro atoms. The highest BCUT2D eigenvalue weighted by molar-refractivity contribution is 6.03. The van der Waals surface area contributed by atoms with Crippen molar-refractivity contribution in [2.45, 2.75) is 75.4 Å². The minimum Gasteiger partial charge on any atom is -0.508 e. The van der Waals surface area contributed by atoms with Crippen molar-refractivity contribution in [3.8, 4) is 11.5 Å². The summed E-state index contributed by atoms with van der Waals surface area (Å²) in [5, 5.41) is 13.1. The Kier molecular flexibility index (Phi) is 8.61. The molecule has 9 nitrogen and oxygen atoms in total. The maximum absolute atomic E-state index is 13.5. The Morgan fingerprint density at radius 2 is 1.72 bits per heavy atom. The van der Waals surface area contributed by atoms with Gasteiger partial charge in [0.25, 0.3) is 5.91 Å². The molecular weight excluding hydrogens is 723 g/mol. The summed E-state index contributed by atoms with van der Waals surface area (Å²) in [7, 11) is 0. The van der Waals surface area contributed by atoms with Gasteiger partial charge in [0.15, 0.2) is 0 Å². The van der Waals surface area contributed by atoms with E-state index in [0.29, 0.717) is 48.6 Å². The largest absolute Gasteiger partial charge is 0.508 e. The molecule has 4 aromatic rings. The van der Waals surface area contributed by atoms with E-state index in [0.717, 1.165) is 80.7 Å². The van der Waals surface area contributed by atoms with Gasteiger partial charge in [-0.05, 0) is 115 Å². The van der Waals surface area contributed by atoms with Crippen molar-refractivity contribution < 1.29 is 19.4 Å². The van der Waals surface area contributed by atoms with Crippen molar-refractivity contribution in [3.05, 3.63) is 131 Å². The molecule has 0 radical (unpaired) electrons. The number of aryl methyl sites for hydroxylation is 1. The zero-order valence-electron chi connectivity index (χ0n) is 33.2. The fourth-order valence-electron chi connectivity index (χ4n) is 12.0. The number of amides is 2. The Morgan fingerprint density at radius 1 is 0.879 bits per heavy atom. The molecule has 5 atom stereocenters. The van der Waals surface area contributed by atoms with Crippen LogP contribution >= 0.6 is 0 Å². The minimum atomic E-state index is -0.470. The Bertz CT molecular complexity index is 2290. The molecule has 3 saturated heterocycles. The first-order chi connectivity index (χ1) is 28.3. The second-order valence-electron chi connectivity index (χ2n) is 18.4. The number of benzene rings is 4. The number of carbonyl (C=O) groups is 2. The number of aromatic hydroxyl groups is 1. The van der Waals surface area contributed by atoms with Gasteiger partial charge in [0.05, 0.1) is 18.3 Å². The van der Waals surface area contributed by atoms with Crippen LogP contribution in [-0.2, 0) is 17.8 Å². The van der Waals surface area contributed by atoms with Gasteiger partial charge in [0.2, 0.25) is 5.91 Å². The van der Waals surface area contributed by atoms with Crippen LogP contribution in [-0.4, -0.2) is 84.7 Å². The Labute approximate surface area is 341 Å². The number of phenolic OH excluding ortho intramolecular Hbond substituents is 1. The van der Waals surface area contributed by atoms with Crippen molar-refractivity contribution in [2.24, 2.45) is 11.3 Å². The van der Waals surface area contributed by atoms with E-state index in [-0.39, 0.29) is 23.8 Å². The summed E-state index contributed by atoms with van der Waals surface area (Å²) in [5.74, 6) is 2.38. The Balaban J connectivity index is 0.708. The third kappa shape index (κ3) is 6.07. The molecular formula is C49H53N5O4. The molecule has 2 aliphatic carbocycles. The maximum atomic E-state index is 13.5. The van der Waals surface area contributed by atoms with Gasteiger partial charge >= 0.3 is 0 Å². The van der Waals surface area contributed by atoms with Crippen molar-refractivity contribution in [1.29, 1.82) is 0 Å². The highest BCUT2D eigenvalue weighted by Gasteiger charge is 2.49. The second-order valence-corrected chi connectivity index (χ2v) is 18.4. The molecule has 2 amide bonds. The summed E-state index contributed by atoms with van der Waals surface area (Å²) in [4.78, 5) is 35.7. The lowest BCUT2D eigenvalue weighted by Crippen LogP contribution is -2.58. The summed E-state index contributed by atoms with van der Waals surface area (Å²) in [5.41, 5.74) is 10.5.